The number of carbonyl (C=O) groups excluding carboxylic acids is 4. The molecule has 1 aromatic carbocycles. The molecule has 1 aromatic heterocycles. The molecule has 1 N–H and O–H groups in total. The first-order valence-electron chi connectivity index (χ1n) is 20.7. The number of methoxy groups -OCH3 is 1. The van der Waals surface area contributed by atoms with Gasteiger partial charge in [-0.1, -0.05) is 26.0 Å². The molecule has 2 aliphatic heterocycles. The molecular weight excluding hydrogens is 761 g/mol. The molecular formula is C43H62BN3O10S. The maximum atomic E-state index is 14.7. The normalized spacial score (nSPS) is 25.2. The number of benzene rings is 1. The monoisotopic (exact) mass is 823 g/mol. The second kappa shape index (κ2) is 16.8. The molecule has 5 aliphatic rings. The quantitative estimate of drug-likeness (QED) is 0.126. The smallest absolute Gasteiger partial charge is 0.461 e. The molecule has 2 amide bonds. The minimum Gasteiger partial charge on any atom is -0.496 e. The van der Waals surface area contributed by atoms with Crippen LogP contribution in [0.25, 0.3) is 0 Å². The van der Waals surface area contributed by atoms with Crippen LogP contribution in [0.15, 0.2) is 23.6 Å². The average Bonchev–Trinajstić information content (AvgIpc) is 3.73. The van der Waals surface area contributed by atoms with Crippen LogP contribution in [0.2, 0.25) is 5.82 Å². The molecule has 3 aliphatic carbocycles. The molecule has 58 heavy (non-hydrogen) atoms. The van der Waals surface area contributed by atoms with Crippen molar-refractivity contribution < 1.29 is 47.4 Å². The molecule has 2 saturated heterocycles. The summed E-state index contributed by atoms with van der Waals surface area (Å²) in [6, 6.07) is 5.33. The van der Waals surface area contributed by atoms with Gasteiger partial charge in [-0.25, -0.2) is 19.4 Å². The van der Waals surface area contributed by atoms with Gasteiger partial charge in [0.1, 0.15) is 22.5 Å². The standard InChI is InChI=1S/C43H62BN3O10S/c1-25-46-31(24-58-25)36(53-39(51)47-17-15-26(16-18-47)23-45-38(50)55-41(5,6)7)32(48)22-29(44-56-34-21-28-20-33(42(28,8)9)43(34,10)57-44)19-27-13-12-14-30(35(27)52-11)37(49)54-40(2,3)4/h12-14,24,26,28-29,33-34,36H,15-23H2,1-11H3,(H,45,50)/t28-,29+,33-,34+,36?,43-/m0/s1. The Morgan fingerprint density at radius 3 is 2.33 bits per heavy atom. The van der Waals surface area contributed by atoms with Gasteiger partial charge in [0.25, 0.3) is 0 Å². The van der Waals surface area contributed by atoms with Crippen molar-refractivity contribution in [2.24, 2.45) is 23.2 Å². The van der Waals surface area contributed by atoms with E-state index in [2.05, 4.69) is 31.1 Å². The molecule has 318 valence electrons. The van der Waals surface area contributed by atoms with Gasteiger partial charge in [-0.2, -0.15) is 0 Å². The minimum atomic E-state index is -1.26. The number of aromatic nitrogens is 1. The third-order valence-electron chi connectivity index (χ3n) is 12.4. The number of aryl methyl sites for hydroxylation is 1. The zero-order chi connectivity index (χ0) is 42.4. The largest absolute Gasteiger partial charge is 0.496 e. The van der Waals surface area contributed by atoms with Crippen LogP contribution in [-0.4, -0.2) is 90.6 Å². The van der Waals surface area contributed by atoms with E-state index in [1.54, 1.807) is 22.4 Å². The van der Waals surface area contributed by atoms with E-state index in [0.717, 1.165) is 17.8 Å². The number of thiazole rings is 1. The second-order valence-electron chi connectivity index (χ2n) is 19.3. The van der Waals surface area contributed by atoms with E-state index < -0.39 is 54.0 Å². The number of Topliss-reactive ketones (excluding diaryl/α,β-unsaturated/α-hetero) is 1. The third-order valence-corrected chi connectivity index (χ3v) is 13.2. The molecule has 1 unspecified atom stereocenters. The predicted octanol–water partition coefficient (Wildman–Crippen LogP) is 8.13. The lowest BCUT2D eigenvalue weighted by Gasteiger charge is -2.64. The van der Waals surface area contributed by atoms with Crippen molar-refractivity contribution in [3.8, 4) is 5.75 Å². The molecule has 3 saturated carbocycles. The van der Waals surface area contributed by atoms with E-state index in [-0.39, 0.29) is 41.6 Å². The topological polar surface area (TPSA) is 152 Å². The molecule has 3 heterocycles. The second-order valence-corrected chi connectivity index (χ2v) is 20.4. The Morgan fingerprint density at radius 1 is 1.03 bits per heavy atom. The zero-order valence-corrected chi connectivity index (χ0v) is 36.9. The SMILES string of the molecule is COc1c(C[C@H](CC(=O)C(OC(=O)N2CCC(CNC(=O)OC(C)(C)C)CC2)c2csc(C)n2)B2O[C@@H]3C[C@@H]4C[C@@H](C4(C)C)[C@]3(C)O2)cccc1C(=O)OC(C)(C)C. The van der Waals surface area contributed by atoms with Crippen LogP contribution in [0.5, 0.6) is 5.75 Å². The molecule has 13 nitrogen and oxygen atoms in total. The lowest BCUT2D eigenvalue weighted by Crippen LogP contribution is -2.65. The number of hydrogen-bond acceptors (Lipinski definition) is 12. The Morgan fingerprint density at radius 2 is 1.72 bits per heavy atom. The maximum absolute atomic E-state index is 14.7. The number of nitrogens with zero attached hydrogens (tertiary/aromatic N) is 2. The van der Waals surface area contributed by atoms with Crippen molar-refractivity contribution in [3.05, 3.63) is 45.4 Å². The van der Waals surface area contributed by atoms with Crippen LogP contribution < -0.4 is 10.1 Å². The molecule has 2 aromatic rings. The van der Waals surface area contributed by atoms with Gasteiger partial charge < -0.3 is 38.5 Å². The van der Waals surface area contributed by atoms with Crippen LogP contribution in [0.1, 0.15) is 127 Å². The lowest BCUT2D eigenvalue weighted by atomic mass is 9.43. The van der Waals surface area contributed by atoms with Crippen LogP contribution in [-0.2, 0) is 34.7 Å². The number of hydrogen-bond donors (Lipinski definition) is 1. The summed E-state index contributed by atoms with van der Waals surface area (Å²) in [7, 11) is 0.770. The van der Waals surface area contributed by atoms with Gasteiger partial charge >= 0.3 is 25.3 Å². The molecule has 7 rings (SSSR count). The van der Waals surface area contributed by atoms with E-state index >= 15 is 0 Å². The molecule has 5 fully saturated rings. The number of nitrogens with one attached hydrogen (secondary N) is 1. The van der Waals surface area contributed by atoms with Gasteiger partial charge in [0, 0.05) is 37.3 Å². The summed E-state index contributed by atoms with van der Waals surface area (Å²) in [5, 5.41) is 5.33. The van der Waals surface area contributed by atoms with Gasteiger partial charge in [0.2, 0.25) is 6.10 Å². The summed E-state index contributed by atoms with van der Waals surface area (Å²) < 4.78 is 36.8. The number of ketones is 1. The highest BCUT2D eigenvalue weighted by atomic mass is 32.1. The summed E-state index contributed by atoms with van der Waals surface area (Å²) in [6.07, 6.45) is 1.02. The number of likely N-dealkylation sites (tertiary alicyclic amines) is 1. The Labute approximate surface area is 347 Å². The maximum Gasteiger partial charge on any atom is 0.461 e. The summed E-state index contributed by atoms with van der Waals surface area (Å²) in [5.41, 5.74) is -0.366. The summed E-state index contributed by atoms with van der Waals surface area (Å²) in [6.45, 7) is 20.7. The third kappa shape index (κ3) is 9.68. The van der Waals surface area contributed by atoms with Crippen molar-refractivity contribution in [2.75, 3.05) is 26.7 Å². The first kappa shape index (κ1) is 43.9. The van der Waals surface area contributed by atoms with Crippen molar-refractivity contribution >= 4 is 42.4 Å². The van der Waals surface area contributed by atoms with Gasteiger partial charge in [0.15, 0.2) is 5.78 Å². The van der Waals surface area contributed by atoms with Gasteiger partial charge in [-0.05, 0) is 122 Å². The number of alkyl carbamates (subject to hydrolysis) is 1. The Bertz CT molecular complexity index is 1850. The highest BCUT2D eigenvalue weighted by Crippen LogP contribution is 2.66. The fourth-order valence-corrected chi connectivity index (χ4v) is 9.95. The van der Waals surface area contributed by atoms with Crippen LogP contribution in [0, 0.1) is 30.1 Å². The lowest BCUT2D eigenvalue weighted by molar-refractivity contribution is -0.199. The van der Waals surface area contributed by atoms with E-state index in [0.29, 0.717) is 61.3 Å². The first-order chi connectivity index (χ1) is 27.1. The van der Waals surface area contributed by atoms with Crippen molar-refractivity contribution in [3.63, 3.8) is 0 Å². The van der Waals surface area contributed by atoms with E-state index in [1.807, 2.05) is 54.5 Å². The van der Waals surface area contributed by atoms with Crippen LogP contribution >= 0.6 is 11.3 Å². The summed E-state index contributed by atoms with van der Waals surface area (Å²) in [5.74, 6) is -0.0174. The average molecular weight is 824 g/mol. The Hall–Kier alpha value is -3.69. The Balaban J connectivity index is 1.22. The van der Waals surface area contributed by atoms with Gasteiger partial charge in [-0.3, -0.25) is 4.79 Å². The van der Waals surface area contributed by atoms with E-state index in [4.69, 9.17) is 28.3 Å². The number of esters is 1. The number of carbonyl (C=O) groups is 4. The van der Waals surface area contributed by atoms with Crippen molar-refractivity contribution in [1.29, 1.82) is 0 Å². The molecule has 0 spiro atoms. The van der Waals surface area contributed by atoms with Crippen molar-refractivity contribution in [2.45, 2.75) is 143 Å². The summed E-state index contributed by atoms with van der Waals surface area (Å²) >= 11 is 1.38. The predicted molar refractivity (Wildman–Crippen MR) is 220 cm³/mol. The highest BCUT2D eigenvalue weighted by molar-refractivity contribution is 7.09. The number of para-hydroxylation sites is 1. The minimum absolute atomic E-state index is 0.0578. The van der Waals surface area contributed by atoms with Crippen LogP contribution in [0.3, 0.4) is 0 Å². The number of piperidine rings is 1. The number of rotatable bonds is 12. The molecule has 15 heteroatoms. The van der Waals surface area contributed by atoms with Gasteiger partial charge in [0.05, 0.1) is 29.5 Å². The number of amides is 2. The van der Waals surface area contributed by atoms with Crippen LogP contribution in [0.4, 0.5) is 9.59 Å². The molecule has 0 radical (unpaired) electrons. The number of ether oxygens (including phenoxy) is 4. The van der Waals surface area contributed by atoms with Gasteiger partial charge in [-0.15, -0.1) is 11.3 Å². The van der Waals surface area contributed by atoms with Crippen molar-refractivity contribution in [1.82, 2.24) is 15.2 Å². The fraction of sp³-hybridized carbons (Fsp3) is 0.698. The first-order valence-corrected chi connectivity index (χ1v) is 21.6. The Kier molecular flexibility index (Phi) is 12.7. The molecule has 2 bridgehead atoms. The molecule has 6 atom stereocenters. The van der Waals surface area contributed by atoms with E-state index in [1.165, 1.54) is 18.4 Å². The van der Waals surface area contributed by atoms with E-state index in [9.17, 15) is 19.2 Å². The zero-order valence-electron chi connectivity index (χ0n) is 36.1. The fourth-order valence-electron chi connectivity index (χ4n) is 9.32. The summed E-state index contributed by atoms with van der Waals surface area (Å²) in [4.78, 5) is 60.2. The highest BCUT2D eigenvalue weighted by Gasteiger charge is 2.68.